The Kier molecular flexibility index (Phi) is 7.42. The summed E-state index contributed by atoms with van der Waals surface area (Å²) < 4.78 is 10.7. The van der Waals surface area contributed by atoms with E-state index < -0.39 is 0 Å². The van der Waals surface area contributed by atoms with Gasteiger partial charge in [-0.3, -0.25) is 9.59 Å². The number of anilines is 1. The van der Waals surface area contributed by atoms with Crippen LogP contribution in [0.5, 0.6) is 17.2 Å². The number of phenolic OH excluding ortho intramolecular Hbond substituents is 1. The number of nitrogens with one attached hydrogen (secondary N) is 1. The quantitative estimate of drug-likeness (QED) is 0.375. The Morgan fingerprint density at radius 3 is 2.62 bits per heavy atom. The van der Waals surface area contributed by atoms with E-state index in [-0.39, 0.29) is 30.0 Å². The van der Waals surface area contributed by atoms with E-state index in [1.54, 1.807) is 30.3 Å². The summed E-state index contributed by atoms with van der Waals surface area (Å²) in [4.78, 5) is 29.6. The van der Waals surface area contributed by atoms with E-state index in [0.717, 1.165) is 31.2 Å². The van der Waals surface area contributed by atoms with Gasteiger partial charge in [0.2, 0.25) is 5.91 Å². The fourth-order valence-electron chi connectivity index (χ4n) is 4.13. The topological polar surface area (TPSA) is 97.8 Å². The van der Waals surface area contributed by atoms with Crippen molar-refractivity contribution in [2.24, 2.45) is 5.92 Å². The van der Waals surface area contributed by atoms with Gasteiger partial charge in [-0.1, -0.05) is 43.5 Å². The molecule has 0 unspecified atom stereocenters. The Bertz CT molecular complexity index is 1170. The number of hydrogen-bond donors (Lipinski definition) is 2. The number of phenols is 1. The van der Waals surface area contributed by atoms with Crippen LogP contribution in [-0.4, -0.2) is 29.1 Å². The van der Waals surface area contributed by atoms with Crippen LogP contribution in [0.15, 0.2) is 60.7 Å². The lowest BCUT2D eigenvalue weighted by Gasteiger charge is -2.19. The molecule has 0 radical (unpaired) electrons. The van der Waals surface area contributed by atoms with Gasteiger partial charge in [0.25, 0.3) is 0 Å². The first-order chi connectivity index (χ1) is 16.5. The Labute approximate surface area is 198 Å². The number of aromatic hydroxyl groups is 1. The van der Waals surface area contributed by atoms with Crippen LogP contribution in [0.2, 0.25) is 0 Å². The number of aromatic nitrogens is 1. The zero-order valence-electron chi connectivity index (χ0n) is 19.1. The zero-order valence-corrected chi connectivity index (χ0v) is 19.1. The predicted octanol–water partition coefficient (Wildman–Crippen LogP) is 5.13. The first kappa shape index (κ1) is 23.3. The third-order valence-corrected chi connectivity index (χ3v) is 5.91. The van der Waals surface area contributed by atoms with Gasteiger partial charge in [0, 0.05) is 5.56 Å². The predicted molar refractivity (Wildman–Crippen MR) is 129 cm³/mol. The molecule has 2 N–H and O–H groups in total. The number of ether oxygens (including phenoxy) is 2. The number of pyridine rings is 1. The maximum atomic E-state index is 12.5. The molecule has 7 heteroatoms. The van der Waals surface area contributed by atoms with Crippen LogP contribution in [0.4, 0.5) is 5.82 Å². The summed E-state index contributed by atoms with van der Waals surface area (Å²) in [5.41, 5.74) is 2.14. The van der Waals surface area contributed by atoms with Gasteiger partial charge >= 0.3 is 5.97 Å². The van der Waals surface area contributed by atoms with Crippen molar-refractivity contribution in [1.29, 1.82) is 0 Å². The average molecular weight is 461 g/mol. The molecule has 0 saturated heterocycles. The molecular formula is C27H28N2O5. The molecule has 176 valence electrons. The summed E-state index contributed by atoms with van der Waals surface area (Å²) in [5.74, 6) is 0.803. The number of carbonyl (C=O) groups is 2. The molecule has 0 atom stereocenters. The lowest BCUT2D eigenvalue weighted by molar-refractivity contribution is -0.140. The highest BCUT2D eigenvalue weighted by Gasteiger charge is 2.23. The number of hydrogen-bond acceptors (Lipinski definition) is 6. The summed E-state index contributed by atoms with van der Waals surface area (Å²) in [6.07, 6.45) is 5.21. The van der Waals surface area contributed by atoms with Gasteiger partial charge in [0.15, 0.2) is 11.5 Å². The number of rotatable bonds is 7. The molecule has 2 aromatic carbocycles. The van der Waals surface area contributed by atoms with Crippen LogP contribution in [0, 0.1) is 5.92 Å². The van der Waals surface area contributed by atoms with Crippen LogP contribution in [0.25, 0.3) is 11.3 Å². The zero-order chi connectivity index (χ0) is 23.9. The van der Waals surface area contributed by atoms with E-state index >= 15 is 0 Å². The first-order valence-electron chi connectivity index (χ1n) is 11.5. The highest BCUT2D eigenvalue weighted by Crippen LogP contribution is 2.28. The molecule has 0 bridgehead atoms. The average Bonchev–Trinajstić information content (AvgIpc) is 2.86. The number of methoxy groups -OCH3 is 1. The van der Waals surface area contributed by atoms with Gasteiger partial charge in [-0.2, -0.15) is 0 Å². The minimum atomic E-state index is -0.243. The van der Waals surface area contributed by atoms with Crippen LogP contribution in [0.1, 0.15) is 37.7 Å². The van der Waals surface area contributed by atoms with Crippen LogP contribution in [0.3, 0.4) is 0 Å². The molecule has 1 aliphatic carbocycles. The number of nitrogens with zero attached hydrogens (tertiary/aromatic N) is 1. The number of carbonyl (C=O) groups excluding carboxylic acids is 2. The summed E-state index contributed by atoms with van der Waals surface area (Å²) in [5, 5.41) is 12.5. The molecule has 1 aromatic heterocycles. The van der Waals surface area contributed by atoms with Crippen molar-refractivity contribution < 1.29 is 24.2 Å². The summed E-state index contributed by atoms with van der Waals surface area (Å²) in [7, 11) is 1.46. The molecule has 34 heavy (non-hydrogen) atoms. The molecule has 1 saturated carbocycles. The maximum absolute atomic E-state index is 12.5. The second-order valence-electron chi connectivity index (χ2n) is 8.42. The molecular weight excluding hydrogens is 432 g/mol. The molecule has 3 aromatic rings. The minimum absolute atomic E-state index is 0.0210. The number of amides is 1. The van der Waals surface area contributed by atoms with E-state index in [9.17, 15) is 14.7 Å². The van der Waals surface area contributed by atoms with Crippen LogP contribution >= 0.6 is 0 Å². The third kappa shape index (κ3) is 5.92. The van der Waals surface area contributed by atoms with Crippen molar-refractivity contribution in [3.63, 3.8) is 0 Å². The van der Waals surface area contributed by atoms with E-state index in [1.165, 1.54) is 19.6 Å². The molecule has 1 heterocycles. The van der Waals surface area contributed by atoms with E-state index in [1.807, 2.05) is 24.3 Å². The molecule has 0 spiro atoms. The fourth-order valence-corrected chi connectivity index (χ4v) is 4.13. The highest BCUT2D eigenvalue weighted by molar-refractivity contribution is 5.91. The first-order valence-corrected chi connectivity index (χ1v) is 11.5. The van der Waals surface area contributed by atoms with Gasteiger partial charge < -0.3 is 19.9 Å². The standard InChI is InChI=1S/C27H28N2O5/c1-33-24-15-18(13-14-23(24)30)16-26(31)29-25-12-6-11-22(28-25)20-9-5-10-21(17-20)34-27(32)19-7-3-2-4-8-19/h5-6,9-15,17,19,30H,2-4,7-8,16H2,1H3,(H,28,29,31). The molecule has 4 rings (SSSR count). The van der Waals surface area contributed by atoms with E-state index in [0.29, 0.717) is 28.6 Å². The Balaban J connectivity index is 1.42. The lowest BCUT2D eigenvalue weighted by atomic mass is 9.89. The maximum Gasteiger partial charge on any atom is 0.314 e. The largest absolute Gasteiger partial charge is 0.504 e. The third-order valence-electron chi connectivity index (χ3n) is 5.91. The van der Waals surface area contributed by atoms with Gasteiger partial charge in [0.05, 0.1) is 25.1 Å². The fraction of sp³-hybridized carbons (Fsp3) is 0.296. The van der Waals surface area contributed by atoms with Crippen molar-refractivity contribution in [3.05, 3.63) is 66.2 Å². The van der Waals surface area contributed by atoms with E-state index in [4.69, 9.17) is 9.47 Å². The Hall–Kier alpha value is -3.87. The smallest absolute Gasteiger partial charge is 0.314 e. The molecule has 1 aliphatic rings. The molecule has 0 aliphatic heterocycles. The van der Waals surface area contributed by atoms with Crippen molar-refractivity contribution in [2.75, 3.05) is 12.4 Å². The SMILES string of the molecule is COc1cc(CC(=O)Nc2cccc(-c3cccc(OC(=O)C4CCCCC4)c3)n2)ccc1O. The minimum Gasteiger partial charge on any atom is -0.504 e. The van der Waals surface area contributed by atoms with Gasteiger partial charge in [0.1, 0.15) is 11.6 Å². The second-order valence-corrected chi connectivity index (χ2v) is 8.42. The monoisotopic (exact) mass is 460 g/mol. The van der Waals surface area contributed by atoms with Gasteiger partial charge in [-0.25, -0.2) is 4.98 Å². The van der Waals surface area contributed by atoms with Gasteiger partial charge in [-0.05, 0) is 54.8 Å². The second kappa shape index (κ2) is 10.8. The summed E-state index contributed by atoms with van der Waals surface area (Å²) >= 11 is 0. The molecule has 7 nitrogen and oxygen atoms in total. The van der Waals surface area contributed by atoms with Crippen molar-refractivity contribution in [1.82, 2.24) is 4.98 Å². The van der Waals surface area contributed by atoms with Crippen molar-refractivity contribution in [3.8, 4) is 28.5 Å². The number of benzene rings is 2. The van der Waals surface area contributed by atoms with Gasteiger partial charge in [-0.15, -0.1) is 0 Å². The Morgan fingerprint density at radius 1 is 1.03 bits per heavy atom. The van der Waals surface area contributed by atoms with Crippen molar-refractivity contribution in [2.45, 2.75) is 38.5 Å². The normalized spacial score (nSPS) is 13.8. The van der Waals surface area contributed by atoms with Crippen molar-refractivity contribution >= 4 is 17.7 Å². The van der Waals surface area contributed by atoms with E-state index in [2.05, 4.69) is 10.3 Å². The number of esters is 1. The highest BCUT2D eigenvalue weighted by atomic mass is 16.5. The lowest BCUT2D eigenvalue weighted by Crippen LogP contribution is -2.22. The van der Waals surface area contributed by atoms with Crippen LogP contribution < -0.4 is 14.8 Å². The van der Waals surface area contributed by atoms with Crippen LogP contribution in [-0.2, 0) is 16.0 Å². The Morgan fingerprint density at radius 2 is 1.82 bits per heavy atom. The molecule has 1 fully saturated rings. The molecule has 1 amide bonds. The summed E-state index contributed by atoms with van der Waals surface area (Å²) in [6.45, 7) is 0. The summed E-state index contributed by atoms with van der Waals surface area (Å²) in [6, 6.07) is 17.4.